The Hall–Kier alpha value is -1.75. The molecular weight excluding hydrogens is 268 g/mol. The molecule has 1 unspecified atom stereocenters. The smallest absolute Gasteiger partial charge is 0.237 e. The van der Waals surface area contributed by atoms with E-state index in [0.29, 0.717) is 18.0 Å². The minimum absolute atomic E-state index is 0.0237. The summed E-state index contributed by atoms with van der Waals surface area (Å²) < 4.78 is 10.6. The number of carbonyl (C=O) groups excluding carboxylic acids is 1. The number of hydrogen-bond donors (Lipinski definition) is 2. The third-order valence-electron chi connectivity index (χ3n) is 2.97. The Morgan fingerprint density at radius 2 is 1.90 bits per heavy atom. The maximum absolute atomic E-state index is 12.0. The number of ether oxygens (including phenoxy) is 2. The molecule has 0 saturated carbocycles. The van der Waals surface area contributed by atoms with Crippen LogP contribution >= 0.6 is 0 Å². The largest absolute Gasteiger partial charge is 0.493 e. The van der Waals surface area contributed by atoms with Crippen molar-refractivity contribution in [1.29, 1.82) is 0 Å². The Balaban J connectivity index is 2.69. The Labute approximate surface area is 127 Å². The van der Waals surface area contributed by atoms with E-state index >= 15 is 0 Å². The van der Waals surface area contributed by atoms with E-state index in [2.05, 4.69) is 10.6 Å². The van der Waals surface area contributed by atoms with Crippen LogP contribution in [0.1, 0.15) is 33.3 Å². The summed E-state index contributed by atoms with van der Waals surface area (Å²) in [6, 6.07) is 5.40. The molecule has 0 aromatic heterocycles. The van der Waals surface area contributed by atoms with Gasteiger partial charge in [-0.05, 0) is 33.8 Å². The van der Waals surface area contributed by atoms with Crippen LogP contribution in [0.15, 0.2) is 18.2 Å². The molecule has 1 rings (SSSR count). The topological polar surface area (TPSA) is 59.6 Å². The van der Waals surface area contributed by atoms with Crippen molar-refractivity contribution in [2.24, 2.45) is 0 Å². The number of rotatable bonds is 6. The zero-order chi connectivity index (χ0) is 16.0. The zero-order valence-electron chi connectivity index (χ0n) is 13.7. The highest BCUT2D eigenvalue weighted by molar-refractivity contribution is 5.81. The fourth-order valence-corrected chi connectivity index (χ4v) is 1.93. The number of nitrogens with one attached hydrogen (secondary N) is 2. The number of para-hydroxylation sites is 1. The number of amides is 1. The molecule has 0 aliphatic carbocycles. The van der Waals surface area contributed by atoms with Crippen molar-refractivity contribution in [2.45, 2.75) is 45.8 Å². The van der Waals surface area contributed by atoms with Crippen molar-refractivity contribution in [2.75, 3.05) is 14.2 Å². The molecule has 0 fully saturated rings. The Kier molecular flexibility index (Phi) is 6.03. The standard InChI is InChI=1S/C16H26N2O3/c1-11(15(19)18-16(2,3)4)17-10-12-8-7-9-13(20-5)14(12)21-6/h7-9,11,17H,10H2,1-6H3,(H,18,19). The van der Waals surface area contributed by atoms with E-state index in [1.807, 2.05) is 45.9 Å². The van der Waals surface area contributed by atoms with Crippen LogP contribution in [0.3, 0.4) is 0 Å². The van der Waals surface area contributed by atoms with Gasteiger partial charge in [-0.15, -0.1) is 0 Å². The van der Waals surface area contributed by atoms with Gasteiger partial charge in [0.25, 0.3) is 0 Å². The van der Waals surface area contributed by atoms with Crippen LogP contribution < -0.4 is 20.1 Å². The van der Waals surface area contributed by atoms with Crippen molar-refractivity contribution in [3.05, 3.63) is 23.8 Å². The maximum Gasteiger partial charge on any atom is 0.237 e. The molecule has 0 saturated heterocycles. The van der Waals surface area contributed by atoms with Crippen LogP contribution in [0.5, 0.6) is 11.5 Å². The first-order valence-electron chi connectivity index (χ1n) is 7.03. The molecule has 5 nitrogen and oxygen atoms in total. The summed E-state index contributed by atoms with van der Waals surface area (Å²) in [6.45, 7) is 8.25. The van der Waals surface area contributed by atoms with Crippen molar-refractivity contribution in [3.63, 3.8) is 0 Å². The van der Waals surface area contributed by atoms with Gasteiger partial charge >= 0.3 is 0 Å². The molecule has 1 atom stereocenters. The van der Waals surface area contributed by atoms with Gasteiger partial charge in [-0.25, -0.2) is 0 Å². The summed E-state index contributed by atoms with van der Waals surface area (Å²) in [5.41, 5.74) is 0.716. The zero-order valence-corrected chi connectivity index (χ0v) is 13.7. The molecule has 21 heavy (non-hydrogen) atoms. The lowest BCUT2D eigenvalue weighted by molar-refractivity contribution is -0.124. The summed E-state index contributed by atoms with van der Waals surface area (Å²) in [4.78, 5) is 12.0. The molecule has 0 aliphatic rings. The van der Waals surface area contributed by atoms with Crippen molar-refractivity contribution in [3.8, 4) is 11.5 Å². The molecule has 0 radical (unpaired) electrons. The van der Waals surface area contributed by atoms with E-state index in [1.54, 1.807) is 14.2 Å². The highest BCUT2D eigenvalue weighted by atomic mass is 16.5. The van der Waals surface area contributed by atoms with E-state index in [4.69, 9.17) is 9.47 Å². The van der Waals surface area contributed by atoms with Gasteiger partial charge in [-0.3, -0.25) is 4.79 Å². The Bertz CT molecular complexity index is 481. The van der Waals surface area contributed by atoms with Crippen molar-refractivity contribution < 1.29 is 14.3 Å². The quantitative estimate of drug-likeness (QED) is 0.843. The maximum atomic E-state index is 12.0. The highest BCUT2D eigenvalue weighted by Gasteiger charge is 2.19. The molecule has 0 heterocycles. The molecule has 5 heteroatoms. The van der Waals surface area contributed by atoms with Crippen LogP contribution in [0.25, 0.3) is 0 Å². The van der Waals surface area contributed by atoms with Gasteiger partial charge < -0.3 is 20.1 Å². The van der Waals surface area contributed by atoms with Crippen LogP contribution in [0.4, 0.5) is 0 Å². The summed E-state index contributed by atoms with van der Waals surface area (Å²) >= 11 is 0. The monoisotopic (exact) mass is 294 g/mol. The number of hydrogen-bond acceptors (Lipinski definition) is 4. The first-order valence-corrected chi connectivity index (χ1v) is 7.03. The van der Waals surface area contributed by atoms with E-state index in [-0.39, 0.29) is 17.5 Å². The fraction of sp³-hybridized carbons (Fsp3) is 0.562. The van der Waals surface area contributed by atoms with Crippen LogP contribution in [0, 0.1) is 0 Å². The second-order valence-corrected chi connectivity index (χ2v) is 5.99. The van der Waals surface area contributed by atoms with Crippen molar-refractivity contribution >= 4 is 5.91 Å². The summed E-state index contributed by atoms with van der Waals surface area (Å²) in [7, 11) is 3.21. The van der Waals surface area contributed by atoms with Crippen LogP contribution in [-0.4, -0.2) is 31.7 Å². The number of benzene rings is 1. The first-order chi connectivity index (χ1) is 9.78. The lowest BCUT2D eigenvalue weighted by Crippen LogP contribution is -2.49. The van der Waals surface area contributed by atoms with E-state index in [9.17, 15) is 4.79 Å². The molecule has 118 valence electrons. The van der Waals surface area contributed by atoms with Gasteiger partial charge in [-0.2, -0.15) is 0 Å². The average molecular weight is 294 g/mol. The van der Waals surface area contributed by atoms with E-state index in [0.717, 1.165) is 5.56 Å². The van der Waals surface area contributed by atoms with Gasteiger partial charge in [0.15, 0.2) is 11.5 Å². The van der Waals surface area contributed by atoms with Gasteiger partial charge in [0.2, 0.25) is 5.91 Å². The summed E-state index contributed by atoms with van der Waals surface area (Å²) in [6.07, 6.45) is 0. The third kappa shape index (κ3) is 5.27. The predicted molar refractivity (Wildman–Crippen MR) is 83.7 cm³/mol. The van der Waals surface area contributed by atoms with Crippen molar-refractivity contribution in [1.82, 2.24) is 10.6 Å². The highest BCUT2D eigenvalue weighted by Crippen LogP contribution is 2.30. The fourth-order valence-electron chi connectivity index (χ4n) is 1.93. The molecular formula is C16H26N2O3. The molecule has 2 N–H and O–H groups in total. The average Bonchev–Trinajstić information content (AvgIpc) is 2.42. The molecule has 0 aliphatic heterocycles. The second-order valence-electron chi connectivity index (χ2n) is 5.99. The number of methoxy groups -OCH3 is 2. The molecule has 1 amide bonds. The lowest BCUT2D eigenvalue weighted by atomic mass is 10.1. The van der Waals surface area contributed by atoms with Gasteiger partial charge in [-0.1, -0.05) is 12.1 Å². The first kappa shape index (κ1) is 17.3. The van der Waals surface area contributed by atoms with Gasteiger partial charge in [0, 0.05) is 17.6 Å². The molecule has 1 aromatic rings. The van der Waals surface area contributed by atoms with E-state index in [1.165, 1.54) is 0 Å². The molecule has 0 spiro atoms. The second kappa shape index (κ2) is 7.31. The SMILES string of the molecule is COc1cccc(CNC(C)C(=O)NC(C)(C)C)c1OC. The number of carbonyl (C=O) groups is 1. The third-order valence-corrected chi connectivity index (χ3v) is 2.97. The van der Waals surface area contributed by atoms with E-state index < -0.39 is 0 Å². The predicted octanol–water partition coefficient (Wildman–Crippen LogP) is 2.10. The van der Waals surface area contributed by atoms with Crippen LogP contribution in [-0.2, 0) is 11.3 Å². The minimum Gasteiger partial charge on any atom is -0.493 e. The van der Waals surface area contributed by atoms with Gasteiger partial charge in [0.05, 0.1) is 20.3 Å². The summed E-state index contributed by atoms with van der Waals surface area (Å²) in [5, 5.41) is 6.15. The lowest BCUT2D eigenvalue weighted by Gasteiger charge is -2.24. The molecule has 0 bridgehead atoms. The minimum atomic E-state index is -0.292. The Morgan fingerprint density at radius 3 is 2.43 bits per heavy atom. The molecule has 1 aromatic carbocycles. The van der Waals surface area contributed by atoms with Crippen LogP contribution in [0.2, 0.25) is 0 Å². The van der Waals surface area contributed by atoms with Gasteiger partial charge in [0.1, 0.15) is 0 Å². The Morgan fingerprint density at radius 1 is 1.24 bits per heavy atom. The normalized spacial score (nSPS) is 12.7. The summed E-state index contributed by atoms with van der Waals surface area (Å²) in [5.74, 6) is 1.35.